The number of hydrogen-bond donors (Lipinski definition) is 1. The Hall–Kier alpha value is -4.99. The minimum atomic E-state index is -0.473. The van der Waals surface area contributed by atoms with Gasteiger partial charge in [0.15, 0.2) is 5.65 Å². The van der Waals surface area contributed by atoms with Crippen LogP contribution in [0.5, 0.6) is 0 Å². The maximum absolute atomic E-state index is 12.7. The molecule has 0 aliphatic heterocycles. The molecule has 0 aliphatic carbocycles. The van der Waals surface area contributed by atoms with Gasteiger partial charge < -0.3 is 5.32 Å². The van der Waals surface area contributed by atoms with Crippen LogP contribution in [0.25, 0.3) is 28.4 Å². The van der Waals surface area contributed by atoms with E-state index in [0.29, 0.717) is 39.7 Å². The van der Waals surface area contributed by atoms with Crippen LogP contribution in [0.3, 0.4) is 0 Å². The number of amides is 1. The van der Waals surface area contributed by atoms with Crippen molar-refractivity contribution in [2.75, 3.05) is 5.32 Å². The molecule has 5 aromatic rings. The van der Waals surface area contributed by atoms with Crippen LogP contribution in [0.15, 0.2) is 79.0 Å². The summed E-state index contributed by atoms with van der Waals surface area (Å²) in [6.45, 7) is 1.60. The van der Waals surface area contributed by atoms with Gasteiger partial charge in [-0.1, -0.05) is 18.2 Å². The zero-order valence-corrected chi connectivity index (χ0v) is 17.9. The number of fused-ring (bicyclic) bond motifs is 1. The lowest BCUT2D eigenvalue weighted by Crippen LogP contribution is -2.12. The van der Waals surface area contributed by atoms with Gasteiger partial charge in [-0.15, -0.1) is 10.2 Å². The minimum Gasteiger partial charge on any atom is -0.322 e. The van der Waals surface area contributed by atoms with Crippen molar-refractivity contribution in [1.82, 2.24) is 24.8 Å². The molecule has 166 valence electrons. The van der Waals surface area contributed by atoms with Crippen molar-refractivity contribution in [3.63, 3.8) is 0 Å². The second kappa shape index (κ2) is 8.51. The van der Waals surface area contributed by atoms with E-state index < -0.39 is 4.92 Å². The number of aryl methyl sites for hydroxylation is 1. The van der Waals surface area contributed by atoms with Crippen molar-refractivity contribution in [2.45, 2.75) is 6.92 Å². The minimum absolute atomic E-state index is 0.0286. The lowest BCUT2D eigenvalue weighted by Gasteiger charge is -2.09. The fourth-order valence-electron chi connectivity index (χ4n) is 3.56. The maximum atomic E-state index is 12.7. The van der Waals surface area contributed by atoms with Crippen LogP contribution >= 0.6 is 0 Å². The summed E-state index contributed by atoms with van der Waals surface area (Å²) in [5.74, 6) is 0.158. The molecule has 0 fully saturated rings. The second-order valence-corrected chi connectivity index (χ2v) is 7.52. The molecule has 0 radical (unpaired) electrons. The van der Waals surface area contributed by atoms with Gasteiger partial charge in [-0.2, -0.15) is 9.61 Å². The number of anilines is 1. The Morgan fingerprint density at radius 2 is 1.85 bits per heavy atom. The van der Waals surface area contributed by atoms with Crippen LogP contribution < -0.4 is 5.32 Å². The molecule has 0 aliphatic rings. The van der Waals surface area contributed by atoms with Gasteiger partial charge in [-0.25, -0.2) is 0 Å². The topological polar surface area (TPSA) is 128 Å². The standard InChI is InChI=1S/C24H17N7O3/c1-15-13-17(8-10-21(15)31(33)34)24(32)26-18-6-4-5-16(14-18)19-9-11-22-27-28-23(30(22)29-19)20-7-2-3-12-25-20/h2-14H,1H3,(H,26,32). The molecule has 10 nitrogen and oxygen atoms in total. The predicted molar refractivity (Wildman–Crippen MR) is 125 cm³/mol. The maximum Gasteiger partial charge on any atom is 0.272 e. The summed E-state index contributed by atoms with van der Waals surface area (Å²) in [6.07, 6.45) is 1.68. The van der Waals surface area contributed by atoms with Gasteiger partial charge in [-0.05, 0) is 55.5 Å². The normalized spacial score (nSPS) is 10.9. The number of nitrogens with zero attached hydrogens (tertiary/aromatic N) is 6. The first-order chi connectivity index (χ1) is 16.5. The summed E-state index contributed by atoms with van der Waals surface area (Å²) < 4.78 is 1.63. The Bertz CT molecular complexity index is 1550. The number of pyridine rings is 1. The molecule has 0 atom stereocenters. The van der Waals surface area contributed by atoms with Gasteiger partial charge in [0.2, 0.25) is 5.82 Å². The van der Waals surface area contributed by atoms with Crippen molar-refractivity contribution >= 4 is 22.9 Å². The fraction of sp³-hybridized carbons (Fsp3) is 0.0417. The molecule has 1 amide bonds. The van der Waals surface area contributed by atoms with Gasteiger partial charge in [0.1, 0.15) is 5.69 Å². The van der Waals surface area contributed by atoms with Gasteiger partial charge in [0.25, 0.3) is 11.6 Å². The zero-order valence-electron chi connectivity index (χ0n) is 17.9. The quantitative estimate of drug-likeness (QED) is 0.311. The molecule has 0 unspecified atom stereocenters. The third-order valence-electron chi connectivity index (χ3n) is 5.23. The number of nitrogens with one attached hydrogen (secondary N) is 1. The molecule has 5 rings (SSSR count). The van der Waals surface area contributed by atoms with E-state index in [2.05, 4.69) is 25.6 Å². The molecule has 3 aromatic heterocycles. The average Bonchev–Trinajstić information content (AvgIpc) is 3.28. The lowest BCUT2D eigenvalue weighted by atomic mass is 10.1. The Kier molecular flexibility index (Phi) is 5.23. The first-order valence-electron chi connectivity index (χ1n) is 10.3. The number of nitro benzene ring substituents is 1. The monoisotopic (exact) mass is 451 g/mol. The summed E-state index contributed by atoms with van der Waals surface area (Å²) >= 11 is 0. The highest BCUT2D eigenvalue weighted by molar-refractivity contribution is 6.04. The van der Waals surface area contributed by atoms with E-state index in [1.54, 1.807) is 29.8 Å². The molecular weight excluding hydrogens is 434 g/mol. The Morgan fingerprint density at radius 3 is 2.62 bits per heavy atom. The van der Waals surface area contributed by atoms with Crippen molar-refractivity contribution in [3.8, 4) is 22.8 Å². The number of nitro groups is 1. The van der Waals surface area contributed by atoms with E-state index in [1.807, 2.05) is 42.5 Å². The molecule has 0 bridgehead atoms. The summed E-state index contributed by atoms with van der Waals surface area (Å²) in [7, 11) is 0. The van der Waals surface area contributed by atoms with Crippen molar-refractivity contribution < 1.29 is 9.72 Å². The molecule has 3 heterocycles. The van der Waals surface area contributed by atoms with Crippen molar-refractivity contribution in [3.05, 3.63) is 100 Å². The van der Waals surface area contributed by atoms with Crippen LogP contribution in [0.4, 0.5) is 11.4 Å². The van der Waals surface area contributed by atoms with Crippen LogP contribution in [-0.2, 0) is 0 Å². The number of hydrogen-bond acceptors (Lipinski definition) is 7. The van der Waals surface area contributed by atoms with Gasteiger partial charge in [-0.3, -0.25) is 19.9 Å². The van der Waals surface area contributed by atoms with Crippen molar-refractivity contribution in [2.24, 2.45) is 0 Å². The van der Waals surface area contributed by atoms with Crippen LogP contribution in [0, 0.1) is 17.0 Å². The van der Waals surface area contributed by atoms with Crippen molar-refractivity contribution in [1.29, 1.82) is 0 Å². The van der Waals surface area contributed by atoms with E-state index in [1.165, 1.54) is 18.2 Å². The summed E-state index contributed by atoms with van der Waals surface area (Å²) in [6, 6.07) is 20.7. The second-order valence-electron chi connectivity index (χ2n) is 7.52. The largest absolute Gasteiger partial charge is 0.322 e. The molecule has 0 spiro atoms. The van der Waals surface area contributed by atoms with Crippen LogP contribution in [-0.4, -0.2) is 35.6 Å². The zero-order chi connectivity index (χ0) is 23.7. The first-order valence-corrected chi connectivity index (χ1v) is 10.3. The third-order valence-corrected chi connectivity index (χ3v) is 5.23. The summed E-state index contributed by atoms with van der Waals surface area (Å²) in [5, 5.41) is 26.9. The summed E-state index contributed by atoms with van der Waals surface area (Å²) in [4.78, 5) is 27.6. The van der Waals surface area contributed by atoms with Gasteiger partial charge >= 0.3 is 0 Å². The Morgan fingerprint density at radius 1 is 0.971 bits per heavy atom. The van der Waals surface area contributed by atoms with Crippen LogP contribution in [0.1, 0.15) is 15.9 Å². The van der Waals surface area contributed by atoms with Gasteiger partial charge in [0.05, 0.1) is 10.6 Å². The molecule has 10 heteroatoms. The number of carbonyl (C=O) groups excluding carboxylic acids is 1. The average molecular weight is 451 g/mol. The van der Waals surface area contributed by atoms with E-state index in [4.69, 9.17) is 0 Å². The highest BCUT2D eigenvalue weighted by Gasteiger charge is 2.15. The first kappa shape index (κ1) is 20.9. The van der Waals surface area contributed by atoms with E-state index >= 15 is 0 Å². The van der Waals surface area contributed by atoms with E-state index in [9.17, 15) is 14.9 Å². The third kappa shape index (κ3) is 3.95. The number of rotatable bonds is 5. The highest BCUT2D eigenvalue weighted by Crippen LogP contribution is 2.24. The molecule has 0 saturated heterocycles. The van der Waals surface area contributed by atoms with E-state index in [-0.39, 0.29) is 11.6 Å². The molecule has 0 saturated carbocycles. The van der Waals surface area contributed by atoms with Gasteiger partial charge in [0, 0.05) is 34.6 Å². The Balaban J connectivity index is 1.43. The molecule has 34 heavy (non-hydrogen) atoms. The number of benzene rings is 2. The Labute approximate surface area is 193 Å². The van der Waals surface area contributed by atoms with Crippen LogP contribution in [0.2, 0.25) is 0 Å². The predicted octanol–water partition coefficient (Wildman–Crippen LogP) is 4.32. The molecule has 1 N–H and O–H groups in total. The number of aromatic nitrogens is 5. The highest BCUT2D eigenvalue weighted by atomic mass is 16.6. The fourth-order valence-corrected chi connectivity index (χ4v) is 3.56. The smallest absolute Gasteiger partial charge is 0.272 e. The summed E-state index contributed by atoms with van der Waals surface area (Å²) in [5.41, 5.74) is 3.96. The molecular formula is C24H17N7O3. The molecule has 2 aromatic carbocycles. The van der Waals surface area contributed by atoms with E-state index in [0.717, 1.165) is 5.56 Å². The SMILES string of the molecule is Cc1cc(C(=O)Nc2cccc(-c3ccc4nnc(-c5ccccn5)n4n3)c2)ccc1[N+](=O)[O-]. The number of carbonyl (C=O) groups is 1. The lowest BCUT2D eigenvalue weighted by molar-refractivity contribution is -0.385.